The van der Waals surface area contributed by atoms with E-state index in [2.05, 4.69) is 25.0 Å². The predicted molar refractivity (Wildman–Crippen MR) is 163 cm³/mol. The number of aromatic nitrogens is 6. The largest absolute Gasteiger partial charge is 0.550 e. The highest BCUT2D eigenvalue weighted by molar-refractivity contribution is 7.51. The minimum absolute atomic E-state index is 0.00668. The van der Waals surface area contributed by atoms with E-state index in [4.69, 9.17) is 34.7 Å². The first-order valence-corrected chi connectivity index (χ1v) is 16.7. The SMILES string of the molecule is CO[C@@H]1[C@H](OP(=O)(NCCCCCC(=O)[O-])OC[C@H]2O[C@@H](n3ccc(N)nc3=O)[C@H](O)[C@@H]2O)[C@@H](CO)O[C@H]1n1cnc2c(=O)[nH]c(N)nc21. The van der Waals surface area contributed by atoms with Gasteiger partial charge >= 0.3 is 13.4 Å². The fourth-order valence-corrected chi connectivity index (χ4v) is 7.11. The Morgan fingerprint density at radius 2 is 1.86 bits per heavy atom. The van der Waals surface area contributed by atoms with Crippen molar-refractivity contribution in [3.8, 4) is 0 Å². The zero-order valence-corrected chi connectivity index (χ0v) is 27.0. The number of nitrogens with two attached hydrogens (primary N) is 2. The number of imidazole rings is 1. The number of nitrogen functional groups attached to an aromatic ring is 2. The maximum Gasteiger partial charge on any atom is 0.406 e. The monoisotopic (exact) mass is 714 g/mol. The number of ether oxygens (including phenoxy) is 3. The van der Waals surface area contributed by atoms with Crippen LogP contribution in [0.3, 0.4) is 0 Å². The second-order valence-electron chi connectivity index (χ2n) is 11.3. The van der Waals surface area contributed by atoms with Crippen LogP contribution in [0, 0.1) is 0 Å². The zero-order chi connectivity index (χ0) is 35.5. The van der Waals surface area contributed by atoms with Gasteiger partial charge in [-0.2, -0.15) is 9.97 Å². The first kappa shape index (κ1) is 36.5. The molecule has 9 N–H and O–H groups in total. The van der Waals surface area contributed by atoms with E-state index >= 15 is 0 Å². The molecule has 0 aromatic carbocycles. The molecular formula is C26H37N9O13P-. The lowest BCUT2D eigenvalue weighted by Gasteiger charge is -2.28. The molecule has 0 saturated carbocycles. The third kappa shape index (κ3) is 7.99. The Morgan fingerprint density at radius 3 is 2.55 bits per heavy atom. The molecule has 5 rings (SSSR count). The predicted octanol–water partition coefficient (Wildman–Crippen LogP) is -3.53. The molecule has 1 unspecified atom stereocenters. The molecule has 2 fully saturated rings. The maximum absolute atomic E-state index is 14.3. The summed E-state index contributed by atoms with van der Waals surface area (Å²) in [6.07, 6.45) is -7.25. The number of hydrogen-bond acceptors (Lipinski definition) is 18. The van der Waals surface area contributed by atoms with Gasteiger partial charge in [0.1, 0.15) is 42.4 Å². The normalized spacial score (nSPS) is 28.2. The minimum atomic E-state index is -4.45. The highest BCUT2D eigenvalue weighted by Gasteiger charge is 2.51. The second-order valence-corrected chi connectivity index (χ2v) is 13.0. The minimum Gasteiger partial charge on any atom is -0.550 e. The molecule has 0 amide bonds. The van der Waals surface area contributed by atoms with Crippen molar-refractivity contribution >= 4 is 36.6 Å². The molecular weight excluding hydrogens is 677 g/mol. The summed E-state index contributed by atoms with van der Waals surface area (Å²) in [6.45, 7) is -1.26. The Hall–Kier alpha value is -3.83. The van der Waals surface area contributed by atoms with Crippen LogP contribution in [0.1, 0.15) is 38.1 Å². The number of carbonyl (C=O) groups is 1. The van der Waals surface area contributed by atoms with Gasteiger partial charge in [-0.1, -0.05) is 6.42 Å². The summed E-state index contributed by atoms with van der Waals surface area (Å²) in [5.41, 5.74) is 9.78. The third-order valence-corrected chi connectivity index (χ3v) is 9.58. The van der Waals surface area contributed by atoms with Crippen molar-refractivity contribution in [3.05, 3.63) is 39.4 Å². The number of aliphatic hydroxyl groups is 3. The van der Waals surface area contributed by atoms with Crippen molar-refractivity contribution in [2.24, 2.45) is 0 Å². The van der Waals surface area contributed by atoms with Crippen LogP contribution in [-0.4, -0.2) is 114 Å². The molecule has 0 aliphatic carbocycles. The van der Waals surface area contributed by atoms with Crippen molar-refractivity contribution < 1.29 is 53.0 Å². The Balaban J connectivity index is 1.36. The van der Waals surface area contributed by atoms with E-state index in [0.29, 0.717) is 19.3 Å². The molecule has 270 valence electrons. The van der Waals surface area contributed by atoms with E-state index in [1.54, 1.807) is 0 Å². The van der Waals surface area contributed by atoms with Crippen molar-refractivity contribution in [3.63, 3.8) is 0 Å². The van der Waals surface area contributed by atoms with Crippen LogP contribution in [-0.2, 0) is 32.6 Å². The molecule has 5 heterocycles. The number of rotatable bonds is 16. The van der Waals surface area contributed by atoms with Gasteiger partial charge in [0.25, 0.3) is 5.56 Å². The number of carboxylic acid groups (broad SMARTS) is 1. The van der Waals surface area contributed by atoms with Crippen molar-refractivity contribution in [2.45, 2.75) is 74.8 Å². The molecule has 3 aromatic rings. The number of nitrogens with one attached hydrogen (secondary N) is 2. The van der Waals surface area contributed by atoms with E-state index in [0.717, 1.165) is 4.57 Å². The summed E-state index contributed by atoms with van der Waals surface area (Å²) in [4.78, 5) is 49.6. The molecule has 0 bridgehead atoms. The fourth-order valence-electron chi connectivity index (χ4n) is 5.53. The number of anilines is 2. The van der Waals surface area contributed by atoms with E-state index in [9.17, 15) is 39.4 Å². The Labute approximate surface area is 276 Å². The van der Waals surface area contributed by atoms with Crippen molar-refractivity contribution in [1.82, 2.24) is 34.2 Å². The molecule has 2 saturated heterocycles. The molecule has 9 atom stereocenters. The van der Waals surface area contributed by atoms with E-state index in [1.165, 1.54) is 30.3 Å². The van der Waals surface area contributed by atoms with E-state index in [1.807, 2.05) is 0 Å². The topological polar surface area (TPSA) is 327 Å². The van der Waals surface area contributed by atoms with Gasteiger partial charge < -0.3 is 50.9 Å². The standard InChI is InChI=1S/C26H38N9O13P/c1-44-20-19(12(9-36)46-24(20)35-11-29-16-21(35)32-25(28)33-22(16)41)48-49(43,30-7-4-2-3-5-15(37)38)45-10-13-17(39)18(40)23(47-13)34-8-6-14(27)31-26(34)42/h6,8,11-13,17-20,23-24,36,39-40H,2-5,7,9-10H2,1H3,(H,30,43)(H,37,38)(H2,27,31,42)(H3,28,32,33,41)/p-1/t12-,13-,17-,18-,19-,20-,23-,24-,49?/m1/s1. The zero-order valence-electron chi connectivity index (χ0n) is 26.1. The van der Waals surface area contributed by atoms with Gasteiger partial charge in [0.05, 0.1) is 19.5 Å². The number of methoxy groups -OCH3 is 1. The summed E-state index contributed by atoms with van der Waals surface area (Å²) >= 11 is 0. The van der Waals surface area contributed by atoms with Crippen LogP contribution in [0.2, 0.25) is 0 Å². The summed E-state index contributed by atoms with van der Waals surface area (Å²) < 4.78 is 45.6. The Kier molecular flexibility index (Phi) is 11.4. The van der Waals surface area contributed by atoms with Gasteiger partial charge in [-0.3, -0.25) is 28.0 Å². The lowest BCUT2D eigenvalue weighted by atomic mass is 10.1. The quantitative estimate of drug-likeness (QED) is 0.0558. The van der Waals surface area contributed by atoms with Crippen LogP contribution in [0.15, 0.2) is 28.2 Å². The van der Waals surface area contributed by atoms with Gasteiger partial charge in [0, 0.05) is 25.8 Å². The van der Waals surface area contributed by atoms with Crippen LogP contribution in [0.4, 0.5) is 11.8 Å². The molecule has 49 heavy (non-hydrogen) atoms. The number of fused-ring (bicyclic) bond motifs is 1. The number of carbonyl (C=O) groups excluding carboxylic acids is 1. The number of aliphatic hydroxyl groups excluding tert-OH is 3. The number of unbranched alkanes of at least 4 members (excludes halogenated alkanes) is 2. The van der Waals surface area contributed by atoms with Crippen molar-refractivity contribution in [1.29, 1.82) is 0 Å². The second kappa shape index (κ2) is 15.4. The van der Waals surface area contributed by atoms with Crippen LogP contribution in [0.5, 0.6) is 0 Å². The van der Waals surface area contributed by atoms with Gasteiger partial charge in [-0.25, -0.2) is 19.4 Å². The number of aliphatic carboxylic acids is 1. The highest BCUT2D eigenvalue weighted by atomic mass is 31.2. The first-order chi connectivity index (χ1) is 23.4. The Bertz CT molecular complexity index is 1790. The smallest absolute Gasteiger partial charge is 0.406 e. The van der Waals surface area contributed by atoms with Crippen LogP contribution >= 0.6 is 7.75 Å². The lowest BCUT2D eigenvalue weighted by Crippen LogP contribution is -2.39. The van der Waals surface area contributed by atoms with Gasteiger partial charge in [0.2, 0.25) is 5.95 Å². The molecule has 0 spiro atoms. The summed E-state index contributed by atoms with van der Waals surface area (Å²) in [6, 6.07) is 1.29. The average Bonchev–Trinajstić information content (AvgIpc) is 3.71. The summed E-state index contributed by atoms with van der Waals surface area (Å²) in [5, 5.41) is 45.0. The molecule has 2 aliphatic heterocycles. The van der Waals surface area contributed by atoms with Gasteiger partial charge in [-0.05, 0) is 25.3 Å². The fraction of sp³-hybridized carbons (Fsp3) is 0.615. The summed E-state index contributed by atoms with van der Waals surface area (Å²) in [7, 11) is -3.14. The van der Waals surface area contributed by atoms with Crippen molar-refractivity contribution in [2.75, 3.05) is 38.3 Å². The number of carboxylic acids is 1. The van der Waals surface area contributed by atoms with Gasteiger partial charge in [0.15, 0.2) is 23.6 Å². The Morgan fingerprint density at radius 1 is 1.10 bits per heavy atom. The molecule has 0 radical (unpaired) electrons. The van der Waals surface area contributed by atoms with Crippen LogP contribution in [0.25, 0.3) is 11.2 Å². The van der Waals surface area contributed by atoms with Crippen LogP contribution < -0.4 is 32.9 Å². The number of H-pyrrole nitrogens is 1. The molecule has 23 heteroatoms. The highest BCUT2D eigenvalue weighted by Crippen LogP contribution is 2.50. The molecule has 2 aliphatic rings. The maximum atomic E-state index is 14.3. The molecule has 22 nitrogen and oxygen atoms in total. The van der Waals surface area contributed by atoms with E-state index in [-0.39, 0.29) is 35.9 Å². The molecule has 3 aromatic heterocycles. The lowest BCUT2D eigenvalue weighted by molar-refractivity contribution is -0.305. The average molecular weight is 715 g/mol. The third-order valence-electron chi connectivity index (χ3n) is 7.96. The number of hydrogen-bond donors (Lipinski definition) is 7. The first-order valence-electron chi connectivity index (χ1n) is 15.1. The van der Waals surface area contributed by atoms with Gasteiger partial charge in [-0.15, -0.1) is 0 Å². The van der Waals surface area contributed by atoms with E-state index < -0.39 is 87.3 Å². The summed E-state index contributed by atoms with van der Waals surface area (Å²) in [5.74, 6) is -1.47. The number of aromatic amines is 1. The number of nitrogens with zero attached hydrogens (tertiary/aromatic N) is 5.